The minimum atomic E-state index is -0.176. The van der Waals surface area contributed by atoms with E-state index >= 15 is 0 Å². The number of ether oxygens (including phenoxy) is 2. The molecule has 0 aromatic heterocycles. The molecule has 0 saturated carbocycles. The molecule has 0 radical (unpaired) electrons. The molecule has 0 saturated heterocycles. The summed E-state index contributed by atoms with van der Waals surface area (Å²) in [5, 5.41) is 6.10. The molecule has 0 atom stereocenters. The highest BCUT2D eigenvalue weighted by Crippen LogP contribution is 2.35. The van der Waals surface area contributed by atoms with Gasteiger partial charge in [0, 0.05) is 5.56 Å². The molecule has 6 heteroatoms. The van der Waals surface area contributed by atoms with Crippen molar-refractivity contribution in [3.63, 3.8) is 0 Å². The molecule has 150 valence electrons. The SMILES string of the molecule is COc1cc(/C=C2\C(=O)N(c3ccccc3)N=C2c2ccccc2)cc(I)c1OC. The Morgan fingerprint density at radius 3 is 2.23 bits per heavy atom. The molecular formula is C24H19IN2O3. The molecule has 30 heavy (non-hydrogen) atoms. The molecule has 0 spiro atoms. The molecule has 0 aliphatic carbocycles. The van der Waals surface area contributed by atoms with E-state index in [2.05, 4.69) is 27.7 Å². The summed E-state index contributed by atoms with van der Waals surface area (Å²) < 4.78 is 11.8. The first-order valence-electron chi connectivity index (χ1n) is 9.29. The lowest BCUT2D eigenvalue weighted by Gasteiger charge is -2.12. The molecule has 0 fully saturated rings. The van der Waals surface area contributed by atoms with Crippen molar-refractivity contribution in [2.24, 2.45) is 5.10 Å². The lowest BCUT2D eigenvalue weighted by Crippen LogP contribution is -2.21. The predicted octanol–water partition coefficient (Wildman–Crippen LogP) is 5.14. The van der Waals surface area contributed by atoms with Gasteiger partial charge < -0.3 is 9.47 Å². The van der Waals surface area contributed by atoms with Crippen LogP contribution in [0.1, 0.15) is 11.1 Å². The number of carbonyl (C=O) groups excluding carboxylic acids is 1. The Labute approximate surface area is 188 Å². The van der Waals surface area contributed by atoms with Gasteiger partial charge in [0.15, 0.2) is 11.5 Å². The van der Waals surface area contributed by atoms with Crippen molar-refractivity contribution in [2.45, 2.75) is 0 Å². The third kappa shape index (κ3) is 3.82. The number of hydrazone groups is 1. The summed E-state index contributed by atoms with van der Waals surface area (Å²) in [6.07, 6.45) is 1.85. The van der Waals surface area contributed by atoms with Crippen LogP contribution >= 0.6 is 22.6 Å². The van der Waals surface area contributed by atoms with Crippen molar-refractivity contribution in [3.05, 3.63) is 93.1 Å². The van der Waals surface area contributed by atoms with Crippen molar-refractivity contribution in [2.75, 3.05) is 19.2 Å². The first-order valence-corrected chi connectivity index (χ1v) is 10.4. The molecular weight excluding hydrogens is 491 g/mol. The minimum absolute atomic E-state index is 0.176. The van der Waals surface area contributed by atoms with E-state index in [0.717, 1.165) is 20.4 Å². The number of hydrogen-bond acceptors (Lipinski definition) is 4. The summed E-state index contributed by atoms with van der Waals surface area (Å²) in [6, 6.07) is 22.9. The average Bonchev–Trinajstić information content (AvgIpc) is 3.10. The second-order valence-electron chi connectivity index (χ2n) is 6.56. The minimum Gasteiger partial charge on any atom is -0.493 e. The largest absolute Gasteiger partial charge is 0.493 e. The molecule has 3 aromatic rings. The van der Waals surface area contributed by atoms with Crippen molar-refractivity contribution in [1.82, 2.24) is 0 Å². The van der Waals surface area contributed by atoms with Crippen LogP contribution in [0.15, 0.2) is 83.5 Å². The van der Waals surface area contributed by atoms with Gasteiger partial charge >= 0.3 is 0 Å². The Morgan fingerprint density at radius 2 is 1.60 bits per heavy atom. The van der Waals surface area contributed by atoms with E-state index in [0.29, 0.717) is 22.8 Å². The molecule has 4 rings (SSSR count). The topological polar surface area (TPSA) is 51.1 Å². The van der Waals surface area contributed by atoms with Gasteiger partial charge in [0.1, 0.15) is 5.71 Å². The lowest BCUT2D eigenvalue weighted by atomic mass is 10.00. The zero-order valence-corrected chi connectivity index (χ0v) is 18.7. The first kappa shape index (κ1) is 20.2. The molecule has 0 bridgehead atoms. The van der Waals surface area contributed by atoms with Crippen LogP contribution in [-0.2, 0) is 4.79 Å². The number of para-hydroxylation sites is 1. The maximum absolute atomic E-state index is 13.3. The van der Waals surface area contributed by atoms with Crippen LogP contribution < -0.4 is 14.5 Å². The van der Waals surface area contributed by atoms with Crippen LogP contribution in [0.2, 0.25) is 0 Å². The maximum Gasteiger partial charge on any atom is 0.281 e. The number of benzene rings is 3. The quantitative estimate of drug-likeness (QED) is 0.353. The van der Waals surface area contributed by atoms with E-state index in [1.165, 1.54) is 5.01 Å². The smallest absolute Gasteiger partial charge is 0.281 e. The molecule has 3 aromatic carbocycles. The van der Waals surface area contributed by atoms with Gasteiger partial charge in [-0.1, -0.05) is 48.5 Å². The van der Waals surface area contributed by atoms with Gasteiger partial charge in [-0.3, -0.25) is 4.79 Å². The third-order valence-electron chi connectivity index (χ3n) is 4.69. The maximum atomic E-state index is 13.3. The second-order valence-corrected chi connectivity index (χ2v) is 7.73. The van der Waals surface area contributed by atoms with Crippen molar-refractivity contribution >= 4 is 46.0 Å². The predicted molar refractivity (Wildman–Crippen MR) is 127 cm³/mol. The van der Waals surface area contributed by atoms with Gasteiger partial charge in [-0.05, 0) is 58.5 Å². The molecule has 5 nitrogen and oxygen atoms in total. The third-order valence-corrected chi connectivity index (χ3v) is 5.49. The summed E-state index contributed by atoms with van der Waals surface area (Å²) in [4.78, 5) is 13.3. The zero-order chi connectivity index (χ0) is 21.1. The van der Waals surface area contributed by atoms with Crippen LogP contribution in [0, 0.1) is 3.57 Å². The Balaban J connectivity index is 1.84. The summed E-state index contributed by atoms with van der Waals surface area (Å²) in [5.41, 5.74) is 3.59. The number of hydrogen-bond donors (Lipinski definition) is 0. The van der Waals surface area contributed by atoms with Gasteiger partial charge in [-0.2, -0.15) is 10.1 Å². The van der Waals surface area contributed by atoms with Crippen LogP contribution in [0.5, 0.6) is 11.5 Å². The lowest BCUT2D eigenvalue weighted by molar-refractivity contribution is -0.114. The fourth-order valence-electron chi connectivity index (χ4n) is 3.29. The zero-order valence-electron chi connectivity index (χ0n) is 16.5. The van der Waals surface area contributed by atoms with Crippen LogP contribution in [-0.4, -0.2) is 25.8 Å². The Kier molecular flexibility index (Phi) is 5.85. The average molecular weight is 510 g/mol. The number of carbonyl (C=O) groups is 1. The fourth-order valence-corrected chi connectivity index (χ4v) is 4.13. The van der Waals surface area contributed by atoms with E-state index in [9.17, 15) is 4.79 Å². The van der Waals surface area contributed by atoms with E-state index in [1.54, 1.807) is 14.2 Å². The monoisotopic (exact) mass is 510 g/mol. The Bertz CT molecular complexity index is 1140. The fraction of sp³-hybridized carbons (Fsp3) is 0.0833. The molecule has 1 amide bonds. The molecule has 1 aliphatic heterocycles. The van der Waals surface area contributed by atoms with E-state index < -0.39 is 0 Å². The number of methoxy groups -OCH3 is 2. The summed E-state index contributed by atoms with van der Waals surface area (Å²) in [5.74, 6) is 1.10. The highest BCUT2D eigenvalue weighted by atomic mass is 127. The van der Waals surface area contributed by atoms with Gasteiger partial charge in [-0.15, -0.1) is 0 Å². The molecule has 1 heterocycles. The highest BCUT2D eigenvalue weighted by molar-refractivity contribution is 14.1. The molecule has 0 unspecified atom stereocenters. The first-order chi connectivity index (χ1) is 14.6. The van der Waals surface area contributed by atoms with Crippen molar-refractivity contribution in [1.29, 1.82) is 0 Å². The summed E-state index contributed by atoms with van der Waals surface area (Å²) in [7, 11) is 3.20. The highest BCUT2D eigenvalue weighted by Gasteiger charge is 2.32. The van der Waals surface area contributed by atoms with Crippen molar-refractivity contribution in [3.8, 4) is 11.5 Å². The van der Waals surface area contributed by atoms with E-state index in [-0.39, 0.29) is 5.91 Å². The number of halogens is 1. The van der Waals surface area contributed by atoms with Gasteiger partial charge in [0.25, 0.3) is 5.91 Å². The number of amides is 1. The van der Waals surface area contributed by atoms with Crippen LogP contribution in [0.25, 0.3) is 6.08 Å². The second kappa shape index (κ2) is 8.71. The summed E-state index contributed by atoms with van der Waals surface area (Å²) in [6.45, 7) is 0. The molecule has 0 N–H and O–H groups in total. The number of rotatable bonds is 5. The Hall–Kier alpha value is -3.13. The number of nitrogens with zero attached hydrogens (tertiary/aromatic N) is 2. The van der Waals surface area contributed by atoms with Gasteiger partial charge in [-0.25, -0.2) is 0 Å². The van der Waals surface area contributed by atoms with Gasteiger partial charge in [0.05, 0.1) is 29.1 Å². The van der Waals surface area contributed by atoms with E-state index in [4.69, 9.17) is 9.47 Å². The Morgan fingerprint density at radius 1 is 0.933 bits per heavy atom. The molecule has 1 aliphatic rings. The van der Waals surface area contributed by atoms with E-state index in [1.807, 2.05) is 78.9 Å². The van der Waals surface area contributed by atoms with Crippen LogP contribution in [0.4, 0.5) is 5.69 Å². The van der Waals surface area contributed by atoms with Gasteiger partial charge in [0.2, 0.25) is 0 Å². The standard InChI is InChI=1S/C24H19IN2O3/c1-29-21-15-16(14-20(25)23(21)30-2)13-19-22(17-9-5-3-6-10-17)26-27(24(19)28)18-11-7-4-8-12-18/h3-15H,1-2H3/b19-13-. The van der Waals surface area contributed by atoms with Crippen molar-refractivity contribution < 1.29 is 14.3 Å². The number of anilines is 1. The normalized spacial score (nSPS) is 14.8. The van der Waals surface area contributed by atoms with Crippen LogP contribution in [0.3, 0.4) is 0 Å². The summed E-state index contributed by atoms with van der Waals surface area (Å²) >= 11 is 2.20.